The number of hydrogen-bond acceptors (Lipinski definition) is 7. The van der Waals surface area contributed by atoms with E-state index in [2.05, 4.69) is 20.5 Å². The van der Waals surface area contributed by atoms with Crippen molar-refractivity contribution in [1.82, 2.24) is 29.5 Å². The van der Waals surface area contributed by atoms with E-state index in [4.69, 9.17) is 10.1 Å². The second kappa shape index (κ2) is 7.80. The molecular formula is C22H20N8O2S. The Labute approximate surface area is 189 Å². The molecule has 10 nitrogen and oxygen atoms in total. The highest BCUT2D eigenvalue weighted by atomic mass is 32.2. The molecular weight excluding hydrogens is 440 g/mol. The van der Waals surface area contributed by atoms with Gasteiger partial charge in [0.05, 0.1) is 22.8 Å². The monoisotopic (exact) mass is 460 g/mol. The molecule has 0 saturated carbocycles. The van der Waals surface area contributed by atoms with Crippen LogP contribution in [0.25, 0.3) is 33.2 Å². The Kier molecular flexibility index (Phi) is 4.91. The standard InChI is InChI=1S/C22H20N8O2S/c1-29-12-15(10-25-29)19-8-3-14-9-24-22(27-17-4-6-18(7-5-17)33(23,31)32)28-21(14)20(19)16-11-26-30(2)13-16/h3-13H,1-2H3,(H2,23,31,32)(H,24,27,28). The van der Waals surface area contributed by atoms with Crippen LogP contribution >= 0.6 is 0 Å². The second-order valence-corrected chi connectivity index (χ2v) is 9.18. The number of rotatable bonds is 5. The first-order chi connectivity index (χ1) is 15.8. The molecule has 0 spiro atoms. The Hall–Kier alpha value is -4.09. The minimum Gasteiger partial charge on any atom is -0.324 e. The van der Waals surface area contributed by atoms with Crippen molar-refractivity contribution in [3.63, 3.8) is 0 Å². The Morgan fingerprint density at radius 3 is 2.15 bits per heavy atom. The number of aromatic nitrogens is 6. The van der Waals surface area contributed by atoms with E-state index in [0.717, 1.165) is 33.2 Å². The van der Waals surface area contributed by atoms with Gasteiger partial charge in [0.15, 0.2) is 0 Å². The number of fused-ring (bicyclic) bond motifs is 1. The first kappa shape index (κ1) is 20.8. The van der Waals surface area contributed by atoms with Crippen LogP contribution in [0.3, 0.4) is 0 Å². The third-order valence-electron chi connectivity index (χ3n) is 5.20. The Morgan fingerprint density at radius 1 is 0.879 bits per heavy atom. The van der Waals surface area contributed by atoms with Gasteiger partial charge in [0.2, 0.25) is 16.0 Å². The zero-order valence-corrected chi connectivity index (χ0v) is 18.7. The van der Waals surface area contributed by atoms with Crippen molar-refractivity contribution in [1.29, 1.82) is 0 Å². The summed E-state index contributed by atoms with van der Waals surface area (Å²) in [7, 11) is -0.0174. The van der Waals surface area contributed by atoms with E-state index in [1.54, 1.807) is 33.9 Å². The molecule has 166 valence electrons. The first-order valence-corrected chi connectivity index (χ1v) is 11.5. The lowest BCUT2D eigenvalue weighted by molar-refractivity contribution is 0.598. The molecule has 0 atom stereocenters. The number of anilines is 2. The lowest BCUT2D eigenvalue weighted by Gasteiger charge is -2.12. The number of primary sulfonamides is 1. The molecule has 33 heavy (non-hydrogen) atoms. The molecule has 0 bridgehead atoms. The van der Waals surface area contributed by atoms with E-state index in [-0.39, 0.29) is 4.90 Å². The Morgan fingerprint density at radius 2 is 1.55 bits per heavy atom. The third kappa shape index (κ3) is 4.06. The van der Waals surface area contributed by atoms with Crippen molar-refractivity contribution >= 4 is 32.6 Å². The van der Waals surface area contributed by atoms with Crippen molar-refractivity contribution in [2.45, 2.75) is 4.90 Å². The fraction of sp³-hybridized carbons (Fsp3) is 0.0909. The zero-order chi connectivity index (χ0) is 23.2. The van der Waals surface area contributed by atoms with Crippen LogP contribution in [0, 0.1) is 0 Å². The van der Waals surface area contributed by atoms with Crippen LogP contribution in [-0.2, 0) is 24.1 Å². The molecule has 0 aliphatic rings. The minimum atomic E-state index is -3.76. The molecule has 3 heterocycles. The van der Waals surface area contributed by atoms with Gasteiger partial charge in [0.25, 0.3) is 0 Å². The third-order valence-corrected chi connectivity index (χ3v) is 6.13. The predicted octanol–water partition coefficient (Wildman–Crippen LogP) is 2.82. The highest BCUT2D eigenvalue weighted by molar-refractivity contribution is 7.89. The molecule has 5 rings (SSSR count). The predicted molar refractivity (Wildman–Crippen MR) is 125 cm³/mol. The minimum absolute atomic E-state index is 0.0347. The van der Waals surface area contributed by atoms with E-state index in [0.29, 0.717) is 11.6 Å². The van der Waals surface area contributed by atoms with E-state index >= 15 is 0 Å². The summed E-state index contributed by atoms with van der Waals surface area (Å²) in [6, 6.07) is 10.1. The summed E-state index contributed by atoms with van der Waals surface area (Å²) < 4.78 is 26.5. The molecule has 0 radical (unpaired) electrons. The van der Waals surface area contributed by atoms with Crippen LogP contribution < -0.4 is 10.5 Å². The number of nitrogens with zero attached hydrogens (tertiary/aromatic N) is 6. The largest absolute Gasteiger partial charge is 0.324 e. The highest BCUT2D eigenvalue weighted by Crippen LogP contribution is 2.37. The number of nitrogens with one attached hydrogen (secondary N) is 1. The van der Waals surface area contributed by atoms with Crippen LogP contribution in [-0.4, -0.2) is 37.9 Å². The molecule has 0 amide bonds. The van der Waals surface area contributed by atoms with Crippen LogP contribution in [0.2, 0.25) is 0 Å². The molecule has 0 unspecified atom stereocenters. The van der Waals surface area contributed by atoms with Gasteiger partial charge in [-0.1, -0.05) is 12.1 Å². The average molecular weight is 461 g/mol. The number of benzene rings is 2. The maximum absolute atomic E-state index is 11.5. The highest BCUT2D eigenvalue weighted by Gasteiger charge is 2.17. The van der Waals surface area contributed by atoms with Gasteiger partial charge in [-0.2, -0.15) is 10.2 Å². The number of sulfonamides is 1. The van der Waals surface area contributed by atoms with Crippen molar-refractivity contribution in [2.24, 2.45) is 19.2 Å². The van der Waals surface area contributed by atoms with Gasteiger partial charge in [-0.05, 0) is 29.8 Å². The maximum Gasteiger partial charge on any atom is 0.238 e. The van der Waals surface area contributed by atoms with Crippen LogP contribution in [0.4, 0.5) is 11.6 Å². The van der Waals surface area contributed by atoms with Crippen molar-refractivity contribution in [3.05, 3.63) is 67.4 Å². The summed E-state index contributed by atoms with van der Waals surface area (Å²) in [5, 5.41) is 17.8. The van der Waals surface area contributed by atoms with Gasteiger partial charge in [-0.3, -0.25) is 9.36 Å². The Bertz CT molecular complexity index is 1590. The fourth-order valence-corrected chi connectivity index (χ4v) is 4.17. The van der Waals surface area contributed by atoms with E-state index in [1.807, 2.05) is 44.8 Å². The molecule has 0 aliphatic carbocycles. The zero-order valence-electron chi connectivity index (χ0n) is 17.8. The summed E-state index contributed by atoms with van der Waals surface area (Å²) >= 11 is 0. The molecule has 3 N–H and O–H groups in total. The SMILES string of the molecule is Cn1cc(-c2ccc3cnc(Nc4ccc(S(N)(=O)=O)cc4)nc3c2-c2cnn(C)c2)cn1. The average Bonchev–Trinajstić information content (AvgIpc) is 3.40. The number of nitrogens with two attached hydrogens (primary N) is 1. The van der Waals surface area contributed by atoms with Gasteiger partial charge in [0.1, 0.15) is 0 Å². The summed E-state index contributed by atoms with van der Waals surface area (Å²) in [5.41, 5.74) is 5.17. The van der Waals surface area contributed by atoms with Gasteiger partial charge in [-0.15, -0.1) is 0 Å². The van der Waals surface area contributed by atoms with Gasteiger partial charge in [-0.25, -0.2) is 23.5 Å². The molecule has 0 saturated heterocycles. The maximum atomic E-state index is 11.5. The number of hydrogen-bond donors (Lipinski definition) is 2. The number of aryl methyl sites for hydroxylation is 2. The van der Waals surface area contributed by atoms with Crippen molar-refractivity contribution in [3.8, 4) is 22.3 Å². The van der Waals surface area contributed by atoms with Crippen molar-refractivity contribution < 1.29 is 8.42 Å². The van der Waals surface area contributed by atoms with E-state index in [9.17, 15) is 8.42 Å². The molecule has 3 aromatic heterocycles. The lowest BCUT2D eigenvalue weighted by Crippen LogP contribution is -2.11. The first-order valence-electron chi connectivity index (χ1n) is 9.95. The summed E-state index contributed by atoms with van der Waals surface area (Å²) in [6.07, 6.45) is 9.25. The molecule has 11 heteroatoms. The van der Waals surface area contributed by atoms with Gasteiger partial charge >= 0.3 is 0 Å². The molecule has 5 aromatic rings. The van der Waals surface area contributed by atoms with Crippen LogP contribution in [0.5, 0.6) is 0 Å². The molecule has 0 aliphatic heterocycles. The Balaban J connectivity index is 1.63. The lowest BCUT2D eigenvalue weighted by atomic mass is 9.95. The molecule has 0 fully saturated rings. The van der Waals surface area contributed by atoms with Crippen molar-refractivity contribution in [2.75, 3.05) is 5.32 Å². The van der Waals surface area contributed by atoms with Gasteiger partial charge < -0.3 is 5.32 Å². The topological polar surface area (TPSA) is 134 Å². The fourth-order valence-electron chi connectivity index (χ4n) is 3.66. The smallest absolute Gasteiger partial charge is 0.238 e. The van der Waals surface area contributed by atoms with Gasteiger partial charge in [0, 0.05) is 60.4 Å². The molecule has 2 aromatic carbocycles. The van der Waals surface area contributed by atoms with E-state index < -0.39 is 10.0 Å². The quantitative estimate of drug-likeness (QED) is 0.412. The van der Waals surface area contributed by atoms with E-state index in [1.165, 1.54) is 12.1 Å². The van der Waals surface area contributed by atoms with Crippen LogP contribution in [0.1, 0.15) is 0 Å². The summed E-state index contributed by atoms with van der Waals surface area (Å²) in [6.45, 7) is 0. The van der Waals surface area contributed by atoms with Crippen LogP contribution in [0.15, 0.2) is 72.3 Å². The second-order valence-electron chi connectivity index (χ2n) is 7.62. The normalized spacial score (nSPS) is 11.7. The summed E-state index contributed by atoms with van der Waals surface area (Å²) in [5.74, 6) is 0.374. The summed E-state index contributed by atoms with van der Waals surface area (Å²) in [4.78, 5) is 9.24.